The first-order valence-corrected chi connectivity index (χ1v) is 6.57. The summed E-state index contributed by atoms with van der Waals surface area (Å²) < 4.78 is 11.0. The minimum atomic E-state index is 0.161. The van der Waals surface area contributed by atoms with Gasteiger partial charge >= 0.3 is 0 Å². The number of aryl methyl sites for hydroxylation is 1. The second-order valence-corrected chi connectivity index (χ2v) is 4.80. The topological polar surface area (TPSA) is 34.4 Å². The van der Waals surface area contributed by atoms with Gasteiger partial charge in [-0.3, -0.25) is 0 Å². The smallest absolute Gasteiger partial charge is 0.123 e. The zero-order valence-electron chi connectivity index (χ0n) is 11.9. The molecule has 2 atom stereocenters. The number of ether oxygens (including phenoxy) is 1. The Bertz CT molecular complexity index is 533. The Balaban J connectivity index is 2.10. The molecule has 0 saturated carbocycles. The molecule has 0 spiro atoms. The fourth-order valence-corrected chi connectivity index (χ4v) is 2.26. The number of benzene rings is 1. The molecule has 3 nitrogen and oxygen atoms in total. The van der Waals surface area contributed by atoms with Crippen LogP contribution < -0.4 is 10.1 Å². The van der Waals surface area contributed by atoms with Gasteiger partial charge in [0.25, 0.3) is 0 Å². The van der Waals surface area contributed by atoms with Gasteiger partial charge in [-0.15, -0.1) is 0 Å². The molecule has 0 saturated heterocycles. The van der Waals surface area contributed by atoms with Crippen molar-refractivity contribution in [2.24, 2.45) is 0 Å². The van der Waals surface area contributed by atoms with Gasteiger partial charge in [0.15, 0.2) is 0 Å². The molecule has 0 radical (unpaired) electrons. The second-order valence-electron chi connectivity index (χ2n) is 4.80. The maximum absolute atomic E-state index is 5.64. The molecular weight excluding hydrogens is 238 g/mol. The summed E-state index contributed by atoms with van der Waals surface area (Å²) in [4.78, 5) is 0. The highest BCUT2D eigenvalue weighted by atomic mass is 16.5. The van der Waals surface area contributed by atoms with E-state index in [0.29, 0.717) is 0 Å². The number of para-hydroxylation sites is 1. The summed E-state index contributed by atoms with van der Waals surface area (Å²) >= 11 is 0. The SMILES string of the molecule is COc1ccccc1C(C)NC(C)c1ccc(C)o1. The van der Waals surface area contributed by atoms with Crippen molar-refractivity contribution in [3.05, 3.63) is 53.5 Å². The van der Waals surface area contributed by atoms with E-state index < -0.39 is 0 Å². The van der Waals surface area contributed by atoms with Crippen molar-refractivity contribution in [2.45, 2.75) is 32.9 Å². The van der Waals surface area contributed by atoms with E-state index in [4.69, 9.17) is 9.15 Å². The summed E-state index contributed by atoms with van der Waals surface area (Å²) in [5.41, 5.74) is 1.15. The third kappa shape index (κ3) is 3.18. The average Bonchev–Trinajstić information content (AvgIpc) is 2.85. The number of nitrogens with one attached hydrogen (secondary N) is 1. The van der Waals surface area contributed by atoms with E-state index in [-0.39, 0.29) is 12.1 Å². The molecule has 102 valence electrons. The number of hydrogen-bond acceptors (Lipinski definition) is 3. The zero-order valence-corrected chi connectivity index (χ0v) is 11.9. The van der Waals surface area contributed by atoms with Gasteiger partial charge in [0.1, 0.15) is 17.3 Å². The molecule has 1 N–H and O–H groups in total. The van der Waals surface area contributed by atoms with Crippen molar-refractivity contribution in [1.29, 1.82) is 0 Å². The third-order valence-corrected chi connectivity index (χ3v) is 3.29. The van der Waals surface area contributed by atoms with Crippen LogP contribution in [-0.2, 0) is 0 Å². The first-order chi connectivity index (χ1) is 9.11. The quantitative estimate of drug-likeness (QED) is 0.881. The predicted octanol–water partition coefficient (Wildman–Crippen LogP) is 4.01. The van der Waals surface area contributed by atoms with Gasteiger partial charge in [-0.05, 0) is 39.0 Å². The minimum Gasteiger partial charge on any atom is -0.496 e. The highest BCUT2D eigenvalue weighted by molar-refractivity contribution is 5.35. The molecule has 2 aromatic rings. The van der Waals surface area contributed by atoms with Crippen LogP contribution >= 0.6 is 0 Å². The van der Waals surface area contributed by atoms with E-state index in [9.17, 15) is 0 Å². The van der Waals surface area contributed by atoms with Crippen LogP contribution in [0, 0.1) is 6.92 Å². The first-order valence-electron chi connectivity index (χ1n) is 6.57. The number of methoxy groups -OCH3 is 1. The Morgan fingerprint density at radius 2 is 1.79 bits per heavy atom. The lowest BCUT2D eigenvalue weighted by molar-refractivity contribution is 0.375. The summed E-state index contributed by atoms with van der Waals surface area (Å²) in [7, 11) is 1.70. The molecule has 0 aliphatic carbocycles. The van der Waals surface area contributed by atoms with E-state index in [1.807, 2.05) is 37.3 Å². The lowest BCUT2D eigenvalue weighted by Gasteiger charge is -2.20. The van der Waals surface area contributed by atoms with Crippen LogP contribution in [0.1, 0.15) is 43.0 Å². The Morgan fingerprint density at radius 1 is 1.05 bits per heavy atom. The van der Waals surface area contributed by atoms with Crippen molar-refractivity contribution in [1.82, 2.24) is 5.32 Å². The summed E-state index contributed by atoms with van der Waals surface area (Å²) in [6.07, 6.45) is 0. The van der Waals surface area contributed by atoms with Crippen LogP contribution in [0.25, 0.3) is 0 Å². The van der Waals surface area contributed by atoms with Gasteiger partial charge in [-0.25, -0.2) is 0 Å². The number of rotatable bonds is 5. The van der Waals surface area contributed by atoms with Gasteiger partial charge in [-0.2, -0.15) is 0 Å². The maximum Gasteiger partial charge on any atom is 0.123 e. The van der Waals surface area contributed by atoms with Crippen LogP contribution in [-0.4, -0.2) is 7.11 Å². The Labute approximate surface area is 114 Å². The van der Waals surface area contributed by atoms with Crippen molar-refractivity contribution in [2.75, 3.05) is 7.11 Å². The number of furan rings is 1. The highest BCUT2D eigenvalue weighted by Gasteiger charge is 2.16. The van der Waals surface area contributed by atoms with Crippen molar-refractivity contribution >= 4 is 0 Å². The van der Waals surface area contributed by atoms with Crippen LogP contribution in [0.3, 0.4) is 0 Å². The molecule has 0 aliphatic rings. The van der Waals surface area contributed by atoms with Gasteiger partial charge in [0, 0.05) is 11.6 Å². The summed E-state index contributed by atoms with van der Waals surface area (Å²) in [5, 5.41) is 3.53. The van der Waals surface area contributed by atoms with E-state index >= 15 is 0 Å². The van der Waals surface area contributed by atoms with Gasteiger partial charge < -0.3 is 14.5 Å². The van der Waals surface area contributed by atoms with Crippen molar-refractivity contribution < 1.29 is 9.15 Å². The fourth-order valence-electron chi connectivity index (χ4n) is 2.26. The largest absolute Gasteiger partial charge is 0.496 e. The molecule has 2 rings (SSSR count). The number of hydrogen-bond donors (Lipinski definition) is 1. The Morgan fingerprint density at radius 3 is 2.42 bits per heavy atom. The standard InChI is InChI=1S/C16H21NO2/c1-11-9-10-15(19-11)13(3)17-12(2)14-7-5-6-8-16(14)18-4/h5-10,12-13,17H,1-4H3. The molecule has 0 aliphatic heterocycles. The summed E-state index contributed by atoms with van der Waals surface area (Å²) in [5.74, 6) is 2.80. The Kier molecular flexibility index (Phi) is 4.27. The lowest BCUT2D eigenvalue weighted by Crippen LogP contribution is -2.22. The first kappa shape index (κ1) is 13.7. The molecule has 1 heterocycles. The van der Waals surface area contributed by atoms with Crippen LogP contribution in [0.2, 0.25) is 0 Å². The Hall–Kier alpha value is -1.74. The molecular formula is C16H21NO2. The average molecular weight is 259 g/mol. The van der Waals surface area contributed by atoms with E-state index in [0.717, 1.165) is 22.8 Å². The van der Waals surface area contributed by atoms with Gasteiger partial charge in [-0.1, -0.05) is 18.2 Å². The van der Waals surface area contributed by atoms with Crippen molar-refractivity contribution in [3.8, 4) is 5.75 Å². The molecule has 19 heavy (non-hydrogen) atoms. The summed E-state index contributed by atoms with van der Waals surface area (Å²) in [6, 6.07) is 12.4. The fraction of sp³-hybridized carbons (Fsp3) is 0.375. The van der Waals surface area contributed by atoms with Crippen LogP contribution in [0.15, 0.2) is 40.8 Å². The molecule has 0 amide bonds. The molecule has 2 unspecified atom stereocenters. The highest BCUT2D eigenvalue weighted by Crippen LogP contribution is 2.27. The monoisotopic (exact) mass is 259 g/mol. The molecule has 0 fully saturated rings. The van der Waals surface area contributed by atoms with Crippen molar-refractivity contribution in [3.63, 3.8) is 0 Å². The van der Waals surface area contributed by atoms with Gasteiger partial charge in [0.2, 0.25) is 0 Å². The normalized spacial score (nSPS) is 14.1. The maximum atomic E-state index is 5.64. The van der Waals surface area contributed by atoms with Crippen LogP contribution in [0.5, 0.6) is 5.75 Å². The van der Waals surface area contributed by atoms with E-state index in [1.165, 1.54) is 0 Å². The second kappa shape index (κ2) is 5.93. The minimum absolute atomic E-state index is 0.161. The predicted molar refractivity (Wildman–Crippen MR) is 76.4 cm³/mol. The zero-order chi connectivity index (χ0) is 13.8. The van der Waals surface area contributed by atoms with Crippen LogP contribution in [0.4, 0.5) is 0 Å². The summed E-state index contributed by atoms with van der Waals surface area (Å²) in [6.45, 7) is 6.19. The van der Waals surface area contributed by atoms with Gasteiger partial charge in [0.05, 0.1) is 13.2 Å². The van der Waals surface area contributed by atoms with E-state index in [1.54, 1.807) is 7.11 Å². The molecule has 1 aromatic carbocycles. The molecule has 1 aromatic heterocycles. The molecule has 3 heteroatoms. The lowest BCUT2D eigenvalue weighted by atomic mass is 10.1. The third-order valence-electron chi connectivity index (χ3n) is 3.29. The molecule has 0 bridgehead atoms. The van der Waals surface area contributed by atoms with E-state index in [2.05, 4.69) is 25.2 Å².